The van der Waals surface area contributed by atoms with E-state index in [1.807, 2.05) is 30.0 Å². The minimum Gasteiger partial charge on any atom is -0.384 e. The third-order valence-electron chi connectivity index (χ3n) is 3.85. The molecule has 21 heavy (non-hydrogen) atoms. The molecule has 1 fully saturated rings. The lowest BCUT2D eigenvalue weighted by Gasteiger charge is -2.33. The van der Waals surface area contributed by atoms with E-state index in [9.17, 15) is 4.79 Å². The predicted molar refractivity (Wildman–Crippen MR) is 85.9 cm³/mol. The molecule has 1 aromatic carbocycles. The van der Waals surface area contributed by atoms with Crippen molar-refractivity contribution in [3.05, 3.63) is 29.3 Å². The van der Waals surface area contributed by atoms with Crippen LogP contribution in [0.5, 0.6) is 0 Å². The zero-order valence-corrected chi connectivity index (χ0v) is 13.3. The summed E-state index contributed by atoms with van der Waals surface area (Å²) in [5.41, 5.74) is 2.83. The first-order valence-electron chi connectivity index (χ1n) is 7.91. The molecular formula is C17H26N2O2. The molecule has 116 valence electrons. The maximum absolute atomic E-state index is 12.8. The zero-order chi connectivity index (χ0) is 15.2. The molecule has 1 unspecified atom stereocenters. The van der Waals surface area contributed by atoms with E-state index >= 15 is 0 Å². The molecule has 1 aliphatic heterocycles. The first kappa shape index (κ1) is 15.8. The van der Waals surface area contributed by atoms with Gasteiger partial charge in [-0.05, 0) is 31.9 Å². The lowest BCUT2D eigenvalue weighted by molar-refractivity contribution is -0.0226. The van der Waals surface area contributed by atoms with E-state index in [1.165, 1.54) is 0 Å². The van der Waals surface area contributed by atoms with Crippen molar-refractivity contribution in [2.45, 2.75) is 39.7 Å². The van der Waals surface area contributed by atoms with Gasteiger partial charge in [0, 0.05) is 25.3 Å². The molecule has 0 radical (unpaired) electrons. The highest BCUT2D eigenvalue weighted by molar-refractivity contribution is 6.00. The van der Waals surface area contributed by atoms with Gasteiger partial charge in [-0.1, -0.05) is 25.5 Å². The van der Waals surface area contributed by atoms with E-state index in [0.29, 0.717) is 19.7 Å². The van der Waals surface area contributed by atoms with Gasteiger partial charge in [0.2, 0.25) is 0 Å². The van der Waals surface area contributed by atoms with Crippen LogP contribution in [-0.2, 0) is 4.74 Å². The maximum Gasteiger partial charge on any atom is 0.256 e. The first-order valence-corrected chi connectivity index (χ1v) is 7.91. The minimum atomic E-state index is 0.110. The number of amides is 1. The van der Waals surface area contributed by atoms with Gasteiger partial charge in [0.1, 0.15) is 0 Å². The van der Waals surface area contributed by atoms with Crippen LogP contribution < -0.4 is 5.32 Å². The van der Waals surface area contributed by atoms with Crippen molar-refractivity contribution in [2.75, 3.05) is 31.6 Å². The van der Waals surface area contributed by atoms with E-state index < -0.39 is 0 Å². The molecule has 0 saturated carbocycles. The van der Waals surface area contributed by atoms with Gasteiger partial charge in [0.25, 0.3) is 5.91 Å². The molecule has 2 rings (SSSR count). The van der Waals surface area contributed by atoms with Crippen molar-refractivity contribution in [3.8, 4) is 0 Å². The fourth-order valence-electron chi connectivity index (χ4n) is 2.57. The number of aryl methyl sites for hydroxylation is 1. The highest BCUT2D eigenvalue weighted by atomic mass is 16.5. The van der Waals surface area contributed by atoms with Crippen LogP contribution >= 0.6 is 0 Å². The maximum atomic E-state index is 12.8. The second-order valence-corrected chi connectivity index (χ2v) is 5.63. The average molecular weight is 290 g/mol. The number of benzene rings is 1. The summed E-state index contributed by atoms with van der Waals surface area (Å²) >= 11 is 0. The van der Waals surface area contributed by atoms with Crippen LogP contribution in [0.4, 0.5) is 5.69 Å². The van der Waals surface area contributed by atoms with Gasteiger partial charge in [-0.2, -0.15) is 0 Å². The van der Waals surface area contributed by atoms with Crippen molar-refractivity contribution < 1.29 is 9.53 Å². The summed E-state index contributed by atoms with van der Waals surface area (Å²) in [6.45, 7) is 9.12. The Bertz CT molecular complexity index is 488. The number of morpholine rings is 1. The summed E-state index contributed by atoms with van der Waals surface area (Å²) in [6, 6.07) is 6.04. The van der Waals surface area contributed by atoms with Crippen molar-refractivity contribution >= 4 is 11.6 Å². The molecule has 1 amide bonds. The summed E-state index contributed by atoms with van der Waals surface area (Å²) in [5.74, 6) is 0.110. The SMILES string of the molecule is CCCNc1ccc(C)cc1C(=O)N1CCOC(CC)C1. The van der Waals surface area contributed by atoms with Gasteiger partial charge < -0.3 is 15.0 Å². The van der Waals surface area contributed by atoms with Crippen LogP contribution in [0.3, 0.4) is 0 Å². The Hall–Kier alpha value is -1.55. The zero-order valence-electron chi connectivity index (χ0n) is 13.3. The highest BCUT2D eigenvalue weighted by Gasteiger charge is 2.25. The molecule has 0 aromatic heterocycles. The fraction of sp³-hybridized carbons (Fsp3) is 0.588. The normalized spacial score (nSPS) is 18.6. The average Bonchev–Trinajstić information content (AvgIpc) is 2.53. The molecular weight excluding hydrogens is 264 g/mol. The summed E-state index contributed by atoms with van der Waals surface area (Å²) < 4.78 is 5.65. The van der Waals surface area contributed by atoms with Crippen LogP contribution in [-0.4, -0.2) is 43.2 Å². The Morgan fingerprint density at radius 1 is 1.43 bits per heavy atom. The third kappa shape index (κ3) is 3.97. The number of nitrogens with zero attached hydrogens (tertiary/aromatic N) is 1. The molecule has 4 heteroatoms. The van der Waals surface area contributed by atoms with Crippen LogP contribution in [0.25, 0.3) is 0 Å². The fourth-order valence-corrected chi connectivity index (χ4v) is 2.57. The van der Waals surface area contributed by atoms with Crippen LogP contribution in [0.1, 0.15) is 42.6 Å². The van der Waals surface area contributed by atoms with Gasteiger partial charge in [-0.3, -0.25) is 4.79 Å². The second kappa shape index (κ2) is 7.46. The van der Waals surface area contributed by atoms with E-state index in [4.69, 9.17) is 4.74 Å². The van der Waals surface area contributed by atoms with Crippen molar-refractivity contribution in [1.29, 1.82) is 0 Å². The molecule has 0 aliphatic carbocycles. The molecule has 1 heterocycles. The van der Waals surface area contributed by atoms with E-state index in [-0.39, 0.29) is 12.0 Å². The second-order valence-electron chi connectivity index (χ2n) is 5.63. The van der Waals surface area contributed by atoms with Gasteiger partial charge in [-0.25, -0.2) is 0 Å². The highest BCUT2D eigenvalue weighted by Crippen LogP contribution is 2.21. The van der Waals surface area contributed by atoms with E-state index in [2.05, 4.69) is 19.2 Å². The van der Waals surface area contributed by atoms with Crippen molar-refractivity contribution in [2.24, 2.45) is 0 Å². The summed E-state index contributed by atoms with van der Waals surface area (Å²) in [4.78, 5) is 14.7. The smallest absolute Gasteiger partial charge is 0.256 e. The summed E-state index contributed by atoms with van der Waals surface area (Å²) in [7, 11) is 0. The Balaban J connectivity index is 2.18. The number of hydrogen-bond acceptors (Lipinski definition) is 3. The first-order chi connectivity index (χ1) is 10.2. The number of hydrogen-bond donors (Lipinski definition) is 1. The monoisotopic (exact) mass is 290 g/mol. The lowest BCUT2D eigenvalue weighted by Crippen LogP contribution is -2.45. The summed E-state index contributed by atoms with van der Waals surface area (Å²) in [6.07, 6.45) is 2.15. The van der Waals surface area contributed by atoms with Gasteiger partial charge in [0.05, 0.1) is 18.3 Å². The van der Waals surface area contributed by atoms with Crippen molar-refractivity contribution in [3.63, 3.8) is 0 Å². The van der Waals surface area contributed by atoms with Crippen molar-refractivity contribution in [1.82, 2.24) is 4.90 Å². The number of carbonyl (C=O) groups is 1. The number of anilines is 1. The molecule has 0 bridgehead atoms. The Labute approximate surface area is 127 Å². The van der Waals surface area contributed by atoms with Gasteiger partial charge in [-0.15, -0.1) is 0 Å². The standard InChI is InChI=1S/C17H26N2O2/c1-4-8-18-16-7-6-13(3)11-15(16)17(20)19-9-10-21-14(5-2)12-19/h6-7,11,14,18H,4-5,8-10,12H2,1-3H3. The van der Waals surface area contributed by atoms with Gasteiger partial charge in [0.15, 0.2) is 0 Å². The predicted octanol–water partition coefficient (Wildman–Crippen LogP) is 3.07. The molecule has 1 aliphatic rings. The topological polar surface area (TPSA) is 41.6 Å². The lowest BCUT2D eigenvalue weighted by atomic mass is 10.1. The Morgan fingerprint density at radius 2 is 2.24 bits per heavy atom. The molecule has 1 saturated heterocycles. The molecule has 1 atom stereocenters. The van der Waals surface area contributed by atoms with Crippen LogP contribution in [0.2, 0.25) is 0 Å². The number of nitrogens with one attached hydrogen (secondary N) is 1. The molecule has 1 N–H and O–H groups in total. The molecule has 4 nitrogen and oxygen atoms in total. The Kier molecular flexibility index (Phi) is 5.62. The third-order valence-corrected chi connectivity index (χ3v) is 3.85. The van der Waals surface area contributed by atoms with Crippen LogP contribution in [0, 0.1) is 6.92 Å². The van der Waals surface area contributed by atoms with E-state index in [1.54, 1.807) is 0 Å². The van der Waals surface area contributed by atoms with Crippen LogP contribution in [0.15, 0.2) is 18.2 Å². The molecule has 0 spiro atoms. The number of ether oxygens (including phenoxy) is 1. The Morgan fingerprint density at radius 3 is 2.95 bits per heavy atom. The largest absolute Gasteiger partial charge is 0.384 e. The van der Waals surface area contributed by atoms with E-state index in [0.717, 1.165) is 36.2 Å². The quantitative estimate of drug-likeness (QED) is 0.906. The summed E-state index contributed by atoms with van der Waals surface area (Å²) in [5, 5.41) is 3.36. The number of carbonyl (C=O) groups excluding carboxylic acids is 1. The van der Waals surface area contributed by atoms with Gasteiger partial charge >= 0.3 is 0 Å². The molecule has 1 aromatic rings. The minimum absolute atomic E-state index is 0.110. The number of rotatable bonds is 5.